The highest BCUT2D eigenvalue weighted by atomic mass is 35.5. The molecule has 0 spiro atoms. The fourth-order valence-electron chi connectivity index (χ4n) is 2.60. The maximum atomic E-state index is 12.6. The highest BCUT2D eigenvalue weighted by molar-refractivity contribution is 7.10. The van der Waals surface area contributed by atoms with Crippen molar-refractivity contribution in [2.24, 2.45) is 0 Å². The fraction of sp³-hybridized carbons (Fsp3) is 0.150. The van der Waals surface area contributed by atoms with E-state index >= 15 is 0 Å². The summed E-state index contributed by atoms with van der Waals surface area (Å²) in [5.41, 5.74) is 1.65. The van der Waals surface area contributed by atoms with Gasteiger partial charge in [0.1, 0.15) is 0 Å². The van der Waals surface area contributed by atoms with Crippen LogP contribution >= 0.6 is 34.5 Å². The average molecular weight is 405 g/mol. The molecule has 0 unspecified atom stereocenters. The molecule has 0 saturated carbocycles. The zero-order valence-electron chi connectivity index (χ0n) is 14.1. The number of hydrogen-bond acceptors (Lipinski definition) is 3. The molecule has 1 amide bonds. The van der Waals surface area contributed by atoms with E-state index in [0.717, 1.165) is 10.4 Å². The average Bonchev–Trinajstić information content (AvgIpc) is 3.17. The van der Waals surface area contributed by atoms with Gasteiger partial charge in [-0.15, -0.1) is 11.3 Å². The third kappa shape index (κ3) is 4.65. The van der Waals surface area contributed by atoms with Crippen LogP contribution in [0.5, 0.6) is 0 Å². The molecular weight excluding hydrogens is 387 g/mol. The van der Waals surface area contributed by atoms with Gasteiger partial charge in [-0.25, -0.2) is 0 Å². The van der Waals surface area contributed by atoms with E-state index < -0.39 is 6.04 Å². The molecule has 2 N–H and O–H groups in total. The van der Waals surface area contributed by atoms with Crippen molar-refractivity contribution in [1.82, 2.24) is 5.32 Å². The highest BCUT2D eigenvalue weighted by Crippen LogP contribution is 2.28. The zero-order chi connectivity index (χ0) is 18.5. The molecule has 0 aliphatic rings. The Labute approximate surface area is 167 Å². The quantitative estimate of drug-likeness (QED) is 0.547. The van der Waals surface area contributed by atoms with Crippen molar-refractivity contribution in [3.05, 3.63) is 86.5 Å². The van der Waals surface area contributed by atoms with Crippen LogP contribution in [0.25, 0.3) is 0 Å². The van der Waals surface area contributed by atoms with Gasteiger partial charge in [-0.2, -0.15) is 0 Å². The number of carbonyl (C=O) groups excluding carboxylic acids is 1. The Morgan fingerprint density at radius 1 is 1.04 bits per heavy atom. The SMILES string of the molecule is C[C@@H](N[C@H](c1ccccc1)c1cccs1)C(=O)Nc1ccc(Cl)cc1Cl. The zero-order valence-corrected chi connectivity index (χ0v) is 16.4. The van der Waals surface area contributed by atoms with E-state index in [-0.39, 0.29) is 11.9 Å². The molecule has 1 aromatic heterocycles. The molecule has 0 aliphatic carbocycles. The van der Waals surface area contributed by atoms with E-state index in [0.29, 0.717) is 15.7 Å². The van der Waals surface area contributed by atoms with Gasteiger partial charge in [0.05, 0.1) is 22.8 Å². The topological polar surface area (TPSA) is 41.1 Å². The maximum Gasteiger partial charge on any atom is 0.241 e. The molecule has 0 saturated heterocycles. The first-order valence-corrected chi connectivity index (χ1v) is 9.78. The number of hydrogen-bond donors (Lipinski definition) is 2. The number of carbonyl (C=O) groups is 1. The summed E-state index contributed by atoms with van der Waals surface area (Å²) in [4.78, 5) is 13.8. The van der Waals surface area contributed by atoms with E-state index in [2.05, 4.69) is 28.8 Å². The molecule has 3 nitrogen and oxygen atoms in total. The number of anilines is 1. The van der Waals surface area contributed by atoms with Crippen molar-refractivity contribution >= 4 is 46.1 Å². The van der Waals surface area contributed by atoms with Gasteiger partial charge in [0, 0.05) is 9.90 Å². The Bertz CT molecular complexity index is 869. The lowest BCUT2D eigenvalue weighted by molar-refractivity contribution is -0.117. The Morgan fingerprint density at radius 2 is 1.81 bits per heavy atom. The maximum absolute atomic E-state index is 12.6. The van der Waals surface area contributed by atoms with Crippen molar-refractivity contribution in [1.29, 1.82) is 0 Å². The van der Waals surface area contributed by atoms with Crippen molar-refractivity contribution in [2.45, 2.75) is 19.0 Å². The molecular formula is C20H18Cl2N2OS. The van der Waals surface area contributed by atoms with Gasteiger partial charge in [0.2, 0.25) is 5.91 Å². The lowest BCUT2D eigenvalue weighted by atomic mass is 10.0. The van der Waals surface area contributed by atoms with Crippen LogP contribution in [0.2, 0.25) is 10.0 Å². The van der Waals surface area contributed by atoms with Gasteiger partial charge in [0.25, 0.3) is 0 Å². The Kier molecular flexibility index (Phi) is 6.33. The number of halogens is 2. The van der Waals surface area contributed by atoms with Crippen molar-refractivity contribution in [2.75, 3.05) is 5.32 Å². The second kappa shape index (κ2) is 8.69. The molecule has 6 heteroatoms. The van der Waals surface area contributed by atoms with E-state index in [4.69, 9.17) is 23.2 Å². The van der Waals surface area contributed by atoms with Crippen LogP contribution in [-0.2, 0) is 4.79 Å². The van der Waals surface area contributed by atoms with Crippen LogP contribution in [0.15, 0.2) is 66.0 Å². The van der Waals surface area contributed by atoms with Gasteiger partial charge in [0.15, 0.2) is 0 Å². The summed E-state index contributed by atoms with van der Waals surface area (Å²) in [7, 11) is 0. The lowest BCUT2D eigenvalue weighted by Crippen LogP contribution is -2.40. The van der Waals surface area contributed by atoms with Crippen LogP contribution in [-0.4, -0.2) is 11.9 Å². The smallest absolute Gasteiger partial charge is 0.241 e. The van der Waals surface area contributed by atoms with E-state index in [1.54, 1.807) is 29.5 Å². The fourth-order valence-corrected chi connectivity index (χ4v) is 3.87. The van der Waals surface area contributed by atoms with Crippen LogP contribution in [0, 0.1) is 0 Å². The Balaban J connectivity index is 1.75. The van der Waals surface area contributed by atoms with E-state index in [1.165, 1.54) is 0 Å². The standard InChI is InChI=1S/C20H18Cl2N2OS/c1-13(20(25)24-17-10-9-15(21)12-16(17)22)23-19(18-8-5-11-26-18)14-6-3-2-4-7-14/h2-13,19,23H,1H3,(H,24,25)/t13-,19-/m1/s1. The summed E-state index contributed by atoms with van der Waals surface area (Å²) in [6.45, 7) is 1.84. The second-order valence-corrected chi connectivity index (χ2v) is 7.68. The third-order valence-electron chi connectivity index (χ3n) is 3.96. The monoisotopic (exact) mass is 404 g/mol. The number of benzene rings is 2. The summed E-state index contributed by atoms with van der Waals surface area (Å²) in [5, 5.41) is 9.24. The van der Waals surface area contributed by atoms with E-state index in [1.807, 2.05) is 36.6 Å². The number of amides is 1. The molecule has 134 valence electrons. The minimum atomic E-state index is -0.422. The second-order valence-electron chi connectivity index (χ2n) is 5.86. The highest BCUT2D eigenvalue weighted by Gasteiger charge is 2.22. The molecule has 3 aromatic rings. The summed E-state index contributed by atoms with van der Waals surface area (Å²) < 4.78 is 0. The normalized spacial score (nSPS) is 13.2. The van der Waals surface area contributed by atoms with Gasteiger partial charge in [-0.1, -0.05) is 59.6 Å². The minimum Gasteiger partial charge on any atom is -0.323 e. The number of nitrogens with one attached hydrogen (secondary N) is 2. The van der Waals surface area contributed by atoms with E-state index in [9.17, 15) is 4.79 Å². The lowest BCUT2D eigenvalue weighted by Gasteiger charge is -2.23. The summed E-state index contributed by atoms with van der Waals surface area (Å²) in [6, 6.07) is 18.7. The van der Waals surface area contributed by atoms with Gasteiger partial charge >= 0.3 is 0 Å². The summed E-state index contributed by atoms with van der Waals surface area (Å²) in [6.07, 6.45) is 0. The minimum absolute atomic E-state index is 0.0577. The van der Waals surface area contributed by atoms with Gasteiger partial charge < -0.3 is 5.32 Å². The van der Waals surface area contributed by atoms with Crippen molar-refractivity contribution in [3.8, 4) is 0 Å². The number of thiophene rings is 1. The predicted molar refractivity (Wildman–Crippen MR) is 110 cm³/mol. The first-order chi connectivity index (χ1) is 12.5. The molecule has 2 aromatic carbocycles. The van der Waals surface area contributed by atoms with Crippen LogP contribution in [0.3, 0.4) is 0 Å². The van der Waals surface area contributed by atoms with Crippen molar-refractivity contribution < 1.29 is 4.79 Å². The molecule has 0 bridgehead atoms. The molecule has 1 heterocycles. The molecule has 0 fully saturated rings. The first-order valence-electron chi connectivity index (χ1n) is 8.15. The molecule has 0 aliphatic heterocycles. The predicted octanol–water partition coefficient (Wildman–Crippen LogP) is 5.76. The van der Waals surface area contributed by atoms with Crippen LogP contribution in [0.4, 0.5) is 5.69 Å². The molecule has 2 atom stereocenters. The Morgan fingerprint density at radius 3 is 2.46 bits per heavy atom. The van der Waals surface area contributed by atoms with Crippen LogP contribution < -0.4 is 10.6 Å². The molecule has 26 heavy (non-hydrogen) atoms. The van der Waals surface area contributed by atoms with Crippen LogP contribution in [0.1, 0.15) is 23.4 Å². The Hall–Kier alpha value is -1.85. The van der Waals surface area contributed by atoms with Crippen molar-refractivity contribution in [3.63, 3.8) is 0 Å². The first kappa shape index (κ1) is 18.9. The molecule has 3 rings (SSSR count). The van der Waals surface area contributed by atoms with Gasteiger partial charge in [-0.3, -0.25) is 10.1 Å². The summed E-state index contributed by atoms with van der Waals surface area (Å²) in [5.74, 6) is -0.160. The molecule has 0 radical (unpaired) electrons. The third-order valence-corrected chi connectivity index (χ3v) is 5.44. The number of rotatable bonds is 6. The van der Waals surface area contributed by atoms with Gasteiger partial charge in [-0.05, 0) is 42.1 Å². The summed E-state index contributed by atoms with van der Waals surface area (Å²) >= 11 is 13.7. The largest absolute Gasteiger partial charge is 0.323 e.